The summed E-state index contributed by atoms with van der Waals surface area (Å²) in [5.74, 6) is 0.418. The summed E-state index contributed by atoms with van der Waals surface area (Å²) in [6, 6.07) is 7.64. The molecule has 0 fully saturated rings. The number of nitrogens with one attached hydrogen (secondary N) is 1. The first-order chi connectivity index (χ1) is 17.9. The van der Waals surface area contributed by atoms with Crippen molar-refractivity contribution >= 4 is 29.7 Å². The van der Waals surface area contributed by atoms with Crippen LogP contribution in [-0.2, 0) is 30.3 Å². The smallest absolute Gasteiger partial charge is 0.224 e. The van der Waals surface area contributed by atoms with Gasteiger partial charge in [0.15, 0.2) is 0 Å². The van der Waals surface area contributed by atoms with Gasteiger partial charge in [-0.25, -0.2) is 0 Å². The third-order valence-electron chi connectivity index (χ3n) is 6.36. The number of carbonyl (C=O) groups is 4. The Kier molecular flexibility index (Phi) is 19.0. The van der Waals surface area contributed by atoms with E-state index in [-0.39, 0.29) is 34.7 Å². The molecule has 3 amide bonds. The van der Waals surface area contributed by atoms with Crippen LogP contribution < -0.4 is 16.8 Å². The first-order valence-electron chi connectivity index (χ1n) is 13.9. The fourth-order valence-corrected chi connectivity index (χ4v) is 2.82. The Balaban J connectivity index is 0. The number of carbonyl (C=O) groups excluding carboxylic acids is 4. The van der Waals surface area contributed by atoms with Gasteiger partial charge in [0.05, 0.1) is 12.2 Å². The van der Waals surface area contributed by atoms with Gasteiger partial charge in [-0.05, 0) is 61.6 Å². The molecular weight excluding hydrogens is 494 g/mol. The van der Waals surface area contributed by atoms with E-state index in [0.29, 0.717) is 37.7 Å². The highest BCUT2D eigenvalue weighted by Gasteiger charge is 2.29. The number of nitrogens with two attached hydrogens (primary N) is 2. The van der Waals surface area contributed by atoms with Gasteiger partial charge in [0.1, 0.15) is 6.29 Å². The zero-order valence-electron chi connectivity index (χ0n) is 26.1. The van der Waals surface area contributed by atoms with Crippen LogP contribution in [0.15, 0.2) is 24.3 Å². The molecule has 0 heterocycles. The van der Waals surface area contributed by atoms with Crippen LogP contribution in [0.4, 0.5) is 5.69 Å². The second-order valence-electron chi connectivity index (χ2n) is 12.1. The number of hydrogen-bond acceptors (Lipinski definition) is 5. The van der Waals surface area contributed by atoms with Gasteiger partial charge in [0.2, 0.25) is 17.7 Å². The van der Waals surface area contributed by atoms with E-state index >= 15 is 0 Å². The van der Waals surface area contributed by atoms with Crippen molar-refractivity contribution in [2.24, 2.45) is 34.6 Å². The zero-order valence-corrected chi connectivity index (χ0v) is 26.1. The summed E-state index contributed by atoms with van der Waals surface area (Å²) in [6.45, 7) is 20.8. The van der Waals surface area contributed by atoms with Crippen LogP contribution in [-0.4, -0.2) is 36.2 Å². The molecule has 224 valence electrons. The predicted octanol–water partition coefficient (Wildman–Crippen LogP) is 5.66. The molecule has 0 bridgehead atoms. The van der Waals surface area contributed by atoms with E-state index in [1.54, 1.807) is 0 Å². The first kappa shape index (κ1) is 38.4. The Hall–Kier alpha value is -2.74. The van der Waals surface area contributed by atoms with Crippen LogP contribution in [0.3, 0.4) is 0 Å². The second-order valence-corrected chi connectivity index (χ2v) is 12.1. The Morgan fingerprint density at radius 2 is 1.51 bits per heavy atom. The summed E-state index contributed by atoms with van der Waals surface area (Å²) in [5.41, 5.74) is 11.2. The summed E-state index contributed by atoms with van der Waals surface area (Å²) >= 11 is 0. The number of aldehydes is 1. The quantitative estimate of drug-likeness (QED) is 0.257. The molecule has 1 aromatic carbocycles. The Morgan fingerprint density at radius 3 is 1.85 bits per heavy atom. The van der Waals surface area contributed by atoms with Gasteiger partial charge >= 0.3 is 0 Å². The first-order valence-corrected chi connectivity index (χ1v) is 13.9. The molecule has 0 saturated carbocycles. The predicted molar refractivity (Wildman–Crippen MR) is 160 cm³/mol. The summed E-state index contributed by atoms with van der Waals surface area (Å²) in [7, 11) is 0. The molecule has 8 heteroatoms. The molecule has 0 aromatic heterocycles. The van der Waals surface area contributed by atoms with Crippen molar-refractivity contribution < 1.29 is 23.9 Å². The van der Waals surface area contributed by atoms with Gasteiger partial charge in [-0.15, -0.1) is 0 Å². The van der Waals surface area contributed by atoms with Crippen LogP contribution in [0, 0.1) is 23.2 Å². The normalized spacial score (nSPS) is 12.0. The van der Waals surface area contributed by atoms with Crippen molar-refractivity contribution in [1.29, 1.82) is 0 Å². The van der Waals surface area contributed by atoms with Crippen molar-refractivity contribution in [3.8, 4) is 0 Å². The molecule has 1 rings (SSSR count). The van der Waals surface area contributed by atoms with E-state index in [2.05, 4.69) is 33.0 Å². The minimum absolute atomic E-state index is 0.0170. The van der Waals surface area contributed by atoms with Crippen LogP contribution in [0.25, 0.3) is 0 Å². The highest BCUT2D eigenvalue weighted by Crippen LogP contribution is 2.27. The summed E-state index contributed by atoms with van der Waals surface area (Å²) < 4.78 is 6.05. The van der Waals surface area contributed by atoms with E-state index in [0.717, 1.165) is 30.4 Å². The molecule has 1 unspecified atom stereocenters. The van der Waals surface area contributed by atoms with Gasteiger partial charge < -0.3 is 26.3 Å². The van der Waals surface area contributed by atoms with E-state index in [1.807, 2.05) is 65.8 Å². The maximum Gasteiger partial charge on any atom is 0.224 e. The monoisotopic (exact) mass is 549 g/mol. The highest BCUT2D eigenvalue weighted by atomic mass is 16.5. The molecular formula is C31H55N3O5. The van der Waals surface area contributed by atoms with Crippen molar-refractivity contribution in [2.45, 2.75) is 107 Å². The molecule has 0 aliphatic carbocycles. The Bertz CT molecular complexity index is 861. The standard InChI is InChI=1S/C21H33NO3.2C5H11NO/c1-16(2)21(5,6)25-15-20(3,4)14-19(24)22-18-11-9-17(10-12-18)8-7-13-23;1-4(2)3-5(6)7;1-3-4(2)5(6)7/h9-13,16H,7-8,14-15H2,1-6H3,(H,22,24);2*4H,3H2,1-2H3,(H2,6,7). The summed E-state index contributed by atoms with van der Waals surface area (Å²) in [6.07, 6.45) is 3.91. The van der Waals surface area contributed by atoms with Crippen LogP contribution >= 0.6 is 0 Å². The summed E-state index contributed by atoms with van der Waals surface area (Å²) in [5, 5.41) is 2.94. The molecule has 0 spiro atoms. The van der Waals surface area contributed by atoms with Crippen molar-refractivity contribution in [1.82, 2.24) is 0 Å². The van der Waals surface area contributed by atoms with Gasteiger partial charge in [-0.1, -0.05) is 67.5 Å². The maximum absolute atomic E-state index is 12.3. The number of ether oxygens (including phenoxy) is 1. The highest BCUT2D eigenvalue weighted by molar-refractivity contribution is 5.91. The largest absolute Gasteiger partial charge is 0.375 e. The lowest BCUT2D eigenvalue weighted by Gasteiger charge is -2.34. The zero-order chi connectivity index (χ0) is 30.8. The summed E-state index contributed by atoms with van der Waals surface area (Å²) in [4.78, 5) is 42.9. The molecule has 0 radical (unpaired) electrons. The lowest BCUT2D eigenvalue weighted by Crippen LogP contribution is -2.36. The van der Waals surface area contributed by atoms with Gasteiger partial charge in [0, 0.05) is 30.9 Å². The van der Waals surface area contributed by atoms with Crippen LogP contribution in [0.5, 0.6) is 0 Å². The molecule has 0 aliphatic rings. The van der Waals surface area contributed by atoms with E-state index < -0.39 is 0 Å². The van der Waals surface area contributed by atoms with Crippen molar-refractivity contribution in [3.63, 3.8) is 0 Å². The van der Waals surface area contributed by atoms with Gasteiger partial charge in [-0.2, -0.15) is 0 Å². The molecule has 1 atom stereocenters. The van der Waals surface area contributed by atoms with Gasteiger partial charge in [0.25, 0.3) is 0 Å². The molecule has 1 aromatic rings. The molecule has 0 saturated heterocycles. The Labute approximate surface area is 237 Å². The number of aryl methyl sites for hydroxylation is 1. The number of anilines is 1. The topological polar surface area (TPSA) is 142 Å². The van der Waals surface area contributed by atoms with E-state index in [9.17, 15) is 19.2 Å². The molecule has 39 heavy (non-hydrogen) atoms. The van der Waals surface area contributed by atoms with Gasteiger partial charge in [-0.3, -0.25) is 14.4 Å². The Morgan fingerprint density at radius 1 is 0.974 bits per heavy atom. The number of benzene rings is 1. The van der Waals surface area contributed by atoms with Crippen molar-refractivity contribution in [3.05, 3.63) is 29.8 Å². The lowest BCUT2D eigenvalue weighted by molar-refractivity contribution is -0.122. The third kappa shape index (κ3) is 20.8. The average Bonchev–Trinajstić information content (AvgIpc) is 2.81. The number of hydrogen-bond donors (Lipinski definition) is 3. The minimum atomic E-state index is -0.236. The number of amides is 3. The second kappa shape index (κ2) is 19.3. The number of primary amides is 2. The van der Waals surface area contributed by atoms with Crippen LogP contribution in [0.2, 0.25) is 0 Å². The lowest BCUT2D eigenvalue weighted by atomic mass is 9.88. The third-order valence-corrected chi connectivity index (χ3v) is 6.36. The van der Waals surface area contributed by atoms with Crippen LogP contribution in [0.1, 0.15) is 100 Å². The number of rotatable bonds is 14. The fourth-order valence-electron chi connectivity index (χ4n) is 2.82. The average molecular weight is 550 g/mol. The van der Waals surface area contributed by atoms with Crippen molar-refractivity contribution in [2.75, 3.05) is 11.9 Å². The molecule has 0 aliphatic heterocycles. The SMILES string of the molecule is CC(C)C(C)(C)OCC(C)(C)CC(=O)Nc1ccc(CCC=O)cc1.CC(C)CC(N)=O.CCC(C)C(N)=O. The van der Waals surface area contributed by atoms with E-state index in [4.69, 9.17) is 16.2 Å². The maximum atomic E-state index is 12.3. The fraction of sp³-hybridized carbons (Fsp3) is 0.677. The molecule has 8 nitrogen and oxygen atoms in total. The van der Waals surface area contributed by atoms with E-state index in [1.165, 1.54) is 0 Å². The minimum Gasteiger partial charge on any atom is -0.375 e. The molecule has 5 N–H and O–H groups in total.